The molecule has 0 amide bonds. The number of ether oxygens (including phenoxy) is 1. The van der Waals surface area contributed by atoms with Crippen LogP contribution in [0.15, 0.2) is 27.1 Å². The third kappa shape index (κ3) is 3.18. The lowest BCUT2D eigenvalue weighted by Crippen LogP contribution is -2.17. The lowest BCUT2D eigenvalue weighted by molar-refractivity contribution is 0.0562. The van der Waals surface area contributed by atoms with E-state index >= 15 is 0 Å². The summed E-state index contributed by atoms with van der Waals surface area (Å²) < 4.78 is 11.4. The minimum absolute atomic E-state index is 0.164. The fourth-order valence-electron chi connectivity index (χ4n) is 1.91. The average molecular weight is 352 g/mol. The summed E-state index contributed by atoms with van der Waals surface area (Å²) in [5, 5.41) is 0. The van der Waals surface area contributed by atoms with E-state index < -0.39 is 5.97 Å². The highest BCUT2D eigenvalue weighted by molar-refractivity contribution is 9.10. The highest BCUT2D eigenvalue weighted by Gasteiger charge is 2.30. The fourth-order valence-corrected chi connectivity index (χ4v) is 2.29. The largest absolute Gasteiger partial charge is 0.463 e. The van der Waals surface area contributed by atoms with Gasteiger partial charge in [-0.3, -0.25) is 0 Å². The number of aromatic nitrogens is 1. The maximum absolute atomic E-state index is 11.9. The molecule has 2 aromatic rings. The van der Waals surface area contributed by atoms with E-state index in [2.05, 4.69) is 20.9 Å². The van der Waals surface area contributed by atoms with Crippen LogP contribution in [0.2, 0.25) is 0 Å². The average Bonchev–Trinajstić information content (AvgIpc) is 2.86. The maximum atomic E-state index is 11.9. The summed E-state index contributed by atoms with van der Waals surface area (Å²) in [6, 6.07) is 5.81. The summed E-state index contributed by atoms with van der Waals surface area (Å²) in [4.78, 5) is 16.4. The molecule has 0 fully saturated rings. The van der Waals surface area contributed by atoms with E-state index in [-0.39, 0.29) is 11.2 Å². The first-order valence-electron chi connectivity index (χ1n) is 6.60. The first-order valence-corrected chi connectivity index (χ1v) is 7.39. The van der Waals surface area contributed by atoms with Gasteiger partial charge in [-0.25, -0.2) is 9.78 Å². The number of methoxy groups -OCH3 is 1. The number of benzene rings is 1. The van der Waals surface area contributed by atoms with Gasteiger partial charge in [0.1, 0.15) is 5.69 Å². The van der Waals surface area contributed by atoms with E-state index in [1.165, 1.54) is 7.11 Å². The van der Waals surface area contributed by atoms with Crippen molar-refractivity contribution in [2.75, 3.05) is 7.11 Å². The molecule has 0 saturated carbocycles. The van der Waals surface area contributed by atoms with Crippen molar-refractivity contribution in [3.63, 3.8) is 0 Å². The molecule has 0 atom stereocenters. The van der Waals surface area contributed by atoms with E-state index in [0.29, 0.717) is 11.6 Å². The molecule has 0 aliphatic heterocycles. The summed E-state index contributed by atoms with van der Waals surface area (Å²) in [5.41, 5.74) is 2.22. The van der Waals surface area contributed by atoms with Crippen LogP contribution in [-0.4, -0.2) is 18.1 Å². The molecule has 4 nitrogen and oxygen atoms in total. The standard InChI is InChI=1S/C16H18BrNO3/c1-9-6-7-10(8-11(9)17)14-18-13(16(2,3)4)12(21-14)15(19)20-5/h6-8H,1-5H3. The zero-order valence-corrected chi connectivity index (χ0v) is 14.4. The highest BCUT2D eigenvalue weighted by atomic mass is 79.9. The molecule has 0 spiro atoms. The summed E-state index contributed by atoms with van der Waals surface area (Å²) >= 11 is 3.49. The molecule has 1 heterocycles. The normalized spacial score (nSPS) is 11.5. The van der Waals surface area contributed by atoms with Crippen molar-refractivity contribution in [3.8, 4) is 11.5 Å². The van der Waals surface area contributed by atoms with Gasteiger partial charge in [0.05, 0.1) is 7.11 Å². The molecule has 1 aromatic heterocycles. The SMILES string of the molecule is COC(=O)c1oc(-c2ccc(C)c(Br)c2)nc1C(C)(C)C. The van der Waals surface area contributed by atoms with Gasteiger partial charge in [-0.2, -0.15) is 0 Å². The second-order valence-electron chi connectivity index (χ2n) is 5.90. The molecule has 5 heteroatoms. The summed E-state index contributed by atoms with van der Waals surface area (Å²) in [5.74, 6) is 0.0718. The van der Waals surface area contributed by atoms with Crippen LogP contribution in [0.5, 0.6) is 0 Å². The van der Waals surface area contributed by atoms with Gasteiger partial charge in [0.15, 0.2) is 0 Å². The molecule has 2 rings (SSSR count). The number of carbonyl (C=O) groups is 1. The Morgan fingerprint density at radius 1 is 1.33 bits per heavy atom. The van der Waals surface area contributed by atoms with Gasteiger partial charge in [-0.1, -0.05) is 42.8 Å². The topological polar surface area (TPSA) is 52.3 Å². The molecule has 0 aliphatic rings. The van der Waals surface area contributed by atoms with E-state index in [1.807, 2.05) is 45.9 Å². The van der Waals surface area contributed by atoms with E-state index in [4.69, 9.17) is 9.15 Å². The number of carbonyl (C=O) groups excluding carboxylic acids is 1. The number of hydrogen-bond donors (Lipinski definition) is 0. The van der Waals surface area contributed by atoms with Crippen LogP contribution in [0.1, 0.15) is 42.6 Å². The lowest BCUT2D eigenvalue weighted by Gasteiger charge is -2.15. The molecular weight excluding hydrogens is 334 g/mol. The Morgan fingerprint density at radius 2 is 2.00 bits per heavy atom. The fraction of sp³-hybridized carbons (Fsp3) is 0.375. The van der Waals surface area contributed by atoms with Crippen molar-refractivity contribution in [1.82, 2.24) is 4.98 Å². The van der Waals surface area contributed by atoms with Crippen LogP contribution in [0.4, 0.5) is 0 Å². The van der Waals surface area contributed by atoms with E-state index in [9.17, 15) is 4.79 Å². The van der Waals surface area contributed by atoms with Crippen LogP contribution in [0.3, 0.4) is 0 Å². The van der Waals surface area contributed by atoms with Gasteiger partial charge in [0, 0.05) is 15.5 Å². The van der Waals surface area contributed by atoms with Crippen molar-refractivity contribution in [2.24, 2.45) is 0 Å². The summed E-state index contributed by atoms with van der Waals surface area (Å²) in [6.45, 7) is 7.94. The van der Waals surface area contributed by atoms with Crippen molar-refractivity contribution in [1.29, 1.82) is 0 Å². The number of nitrogens with zero attached hydrogens (tertiary/aromatic N) is 1. The molecule has 1 aromatic carbocycles. The second-order valence-corrected chi connectivity index (χ2v) is 6.76. The van der Waals surface area contributed by atoms with Gasteiger partial charge < -0.3 is 9.15 Å². The highest BCUT2D eigenvalue weighted by Crippen LogP contribution is 2.32. The zero-order valence-electron chi connectivity index (χ0n) is 12.8. The number of oxazole rings is 1. The number of aryl methyl sites for hydroxylation is 1. The van der Waals surface area contributed by atoms with Crippen molar-refractivity contribution in [2.45, 2.75) is 33.1 Å². The minimum Gasteiger partial charge on any atom is -0.463 e. The maximum Gasteiger partial charge on any atom is 0.376 e. The quantitative estimate of drug-likeness (QED) is 0.747. The van der Waals surface area contributed by atoms with Gasteiger partial charge >= 0.3 is 5.97 Å². The molecule has 0 aliphatic carbocycles. The molecule has 0 unspecified atom stereocenters. The molecule has 0 saturated heterocycles. The zero-order chi connectivity index (χ0) is 15.8. The van der Waals surface area contributed by atoms with Gasteiger partial charge in [0.25, 0.3) is 0 Å². The van der Waals surface area contributed by atoms with Crippen molar-refractivity contribution >= 4 is 21.9 Å². The number of esters is 1. The van der Waals surface area contributed by atoms with Gasteiger partial charge in [0.2, 0.25) is 11.7 Å². The smallest absolute Gasteiger partial charge is 0.376 e. The molecule has 112 valence electrons. The molecular formula is C16H18BrNO3. The van der Waals surface area contributed by atoms with Gasteiger partial charge in [-0.15, -0.1) is 0 Å². The van der Waals surface area contributed by atoms with Crippen LogP contribution in [0.25, 0.3) is 11.5 Å². The molecule has 0 N–H and O–H groups in total. The van der Waals surface area contributed by atoms with Crippen LogP contribution in [-0.2, 0) is 10.2 Å². The third-order valence-corrected chi connectivity index (χ3v) is 3.98. The Morgan fingerprint density at radius 3 is 2.52 bits per heavy atom. The van der Waals surface area contributed by atoms with E-state index in [1.54, 1.807) is 0 Å². The summed E-state index contributed by atoms with van der Waals surface area (Å²) in [7, 11) is 1.33. The van der Waals surface area contributed by atoms with Gasteiger partial charge in [-0.05, 0) is 24.6 Å². The van der Waals surface area contributed by atoms with Crippen molar-refractivity contribution < 1.29 is 13.9 Å². The Bertz CT molecular complexity index is 683. The first-order chi connectivity index (χ1) is 9.74. The van der Waals surface area contributed by atoms with Crippen LogP contribution >= 0.6 is 15.9 Å². The Balaban J connectivity index is 2.58. The van der Waals surface area contributed by atoms with E-state index in [0.717, 1.165) is 15.6 Å². The Kier molecular flexibility index (Phi) is 4.23. The third-order valence-electron chi connectivity index (χ3n) is 3.13. The number of halogens is 1. The molecule has 0 bridgehead atoms. The van der Waals surface area contributed by atoms with Crippen LogP contribution < -0.4 is 0 Å². The minimum atomic E-state index is -0.509. The molecule has 0 radical (unpaired) electrons. The first kappa shape index (κ1) is 15.8. The number of hydrogen-bond acceptors (Lipinski definition) is 4. The number of rotatable bonds is 2. The molecule has 21 heavy (non-hydrogen) atoms. The predicted molar refractivity (Wildman–Crippen MR) is 84.4 cm³/mol. The lowest BCUT2D eigenvalue weighted by atomic mass is 9.91. The van der Waals surface area contributed by atoms with Crippen molar-refractivity contribution in [3.05, 3.63) is 39.7 Å². The second kappa shape index (κ2) is 5.64. The Hall–Kier alpha value is -1.62. The van der Waals surface area contributed by atoms with Crippen LogP contribution in [0, 0.1) is 6.92 Å². The Labute approximate surface area is 132 Å². The predicted octanol–water partition coefficient (Wildman–Crippen LogP) is 4.50. The monoisotopic (exact) mass is 351 g/mol. The summed E-state index contributed by atoms with van der Waals surface area (Å²) in [6.07, 6.45) is 0.